The number of pyridine rings is 1. The van der Waals surface area contributed by atoms with Crippen LogP contribution in [0.25, 0.3) is 0 Å². The van der Waals surface area contributed by atoms with E-state index < -0.39 is 11.4 Å². The maximum atomic E-state index is 12.8. The molecule has 0 unspecified atom stereocenters. The van der Waals surface area contributed by atoms with Gasteiger partial charge in [0.25, 0.3) is 0 Å². The molecule has 34 heavy (non-hydrogen) atoms. The van der Waals surface area contributed by atoms with E-state index in [1.807, 2.05) is 32.0 Å². The minimum Gasteiger partial charge on any atom is -0.515 e. The highest BCUT2D eigenvalue weighted by molar-refractivity contribution is 5.96. The van der Waals surface area contributed by atoms with Crippen LogP contribution >= 0.6 is 0 Å². The van der Waals surface area contributed by atoms with Crippen LogP contribution in [-0.4, -0.2) is 39.0 Å². The van der Waals surface area contributed by atoms with Gasteiger partial charge >= 0.3 is 0 Å². The molecule has 0 aromatic carbocycles. The minimum absolute atomic E-state index is 0.0292. The van der Waals surface area contributed by atoms with Crippen molar-refractivity contribution >= 4 is 5.78 Å². The Labute approximate surface area is 201 Å². The Morgan fingerprint density at radius 2 is 1.76 bits per heavy atom. The lowest BCUT2D eigenvalue weighted by atomic mass is 9.42. The van der Waals surface area contributed by atoms with Gasteiger partial charge in [-0.2, -0.15) is 0 Å². The molecule has 9 atom stereocenters. The van der Waals surface area contributed by atoms with Crippen LogP contribution in [0.15, 0.2) is 36.2 Å². The van der Waals surface area contributed by atoms with E-state index in [1.54, 1.807) is 6.20 Å². The van der Waals surface area contributed by atoms with Crippen LogP contribution in [0.4, 0.5) is 0 Å². The standard InChI is InChI=1S/C28H37NO5/c1-25(2)33-23-19-13-20(31)16(15-30)14-26(19,3)17-8-10-27(4)18(22(17)24(23)34-25)9-11-28(27,32)21-7-5-6-12-29-21/h5-7,12,15,17-19,22-24,30,32H,8-11,13-14H2,1-4H3/b16-15+/t17-,18-,19+,22+,23+,24+,26+,27-,28+/m0/s1. The lowest BCUT2D eigenvalue weighted by molar-refractivity contribution is -0.196. The largest absolute Gasteiger partial charge is 0.515 e. The molecule has 1 aromatic rings. The molecular weight excluding hydrogens is 430 g/mol. The SMILES string of the molecule is CC1(C)O[C@H]2[C@H](O1)[C@H]1CC(=O)/C(=C/O)C[C@]1(C)[C@H]1CC[C@@]3(C)[C@@H](CC[C@@]3(O)c3ccccn3)[C@H]21. The molecule has 0 spiro atoms. The number of nitrogens with zero attached hydrogens (tertiary/aromatic N) is 1. The molecule has 5 fully saturated rings. The van der Waals surface area contributed by atoms with Crippen LogP contribution in [0, 0.1) is 34.5 Å². The molecule has 0 radical (unpaired) electrons. The third-order valence-electron chi connectivity index (χ3n) is 10.7. The first-order valence-electron chi connectivity index (χ1n) is 12.9. The van der Waals surface area contributed by atoms with Crippen molar-refractivity contribution in [3.63, 3.8) is 0 Å². The fourth-order valence-electron chi connectivity index (χ4n) is 9.11. The Morgan fingerprint density at radius 3 is 2.47 bits per heavy atom. The van der Waals surface area contributed by atoms with Crippen LogP contribution < -0.4 is 0 Å². The second-order valence-corrected chi connectivity index (χ2v) is 12.5. The average Bonchev–Trinajstić information content (AvgIpc) is 3.28. The molecule has 6 rings (SSSR count). The molecule has 4 saturated carbocycles. The van der Waals surface area contributed by atoms with Crippen molar-refractivity contribution in [3.8, 4) is 0 Å². The minimum atomic E-state index is -0.967. The molecule has 0 amide bonds. The van der Waals surface area contributed by atoms with Crippen LogP contribution in [-0.2, 0) is 19.9 Å². The van der Waals surface area contributed by atoms with E-state index in [1.165, 1.54) is 0 Å². The highest BCUT2D eigenvalue weighted by Crippen LogP contribution is 2.71. The number of carbonyl (C=O) groups is 1. The highest BCUT2D eigenvalue weighted by Gasteiger charge is 2.71. The predicted molar refractivity (Wildman–Crippen MR) is 126 cm³/mol. The molecule has 2 heterocycles. The third kappa shape index (κ3) is 2.79. The van der Waals surface area contributed by atoms with E-state index in [2.05, 4.69) is 18.8 Å². The zero-order chi connectivity index (χ0) is 24.1. The molecule has 5 aliphatic rings. The number of aliphatic hydroxyl groups is 2. The number of Topliss-reactive ketones (excluding diaryl/α,β-unsaturated/α-hetero) is 1. The van der Waals surface area contributed by atoms with E-state index >= 15 is 0 Å². The number of rotatable bonds is 1. The smallest absolute Gasteiger partial charge is 0.163 e. The Hall–Kier alpha value is -1.76. The first kappa shape index (κ1) is 22.7. The van der Waals surface area contributed by atoms with E-state index in [0.717, 1.165) is 31.2 Å². The topological polar surface area (TPSA) is 88.9 Å². The van der Waals surface area contributed by atoms with Gasteiger partial charge in [-0.25, -0.2) is 0 Å². The molecule has 6 heteroatoms. The molecule has 1 saturated heterocycles. The number of ether oxygens (including phenoxy) is 2. The van der Waals surface area contributed by atoms with E-state index in [0.29, 0.717) is 30.8 Å². The highest BCUT2D eigenvalue weighted by atomic mass is 16.8. The maximum absolute atomic E-state index is 12.8. The van der Waals surface area contributed by atoms with E-state index in [4.69, 9.17) is 9.47 Å². The summed E-state index contributed by atoms with van der Waals surface area (Å²) in [6.45, 7) is 8.51. The molecule has 2 N–H and O–H groups in total. The summed E-state index contributed by atoms with van der Waals surface area (Å²) in [5, 5.41) is 22.0. The van der Waals surface area contributed by atoms with Crippen molar-refractivity contribution in [2.75, 3.05) is 0 Å². The lowest BCUT2D eigenvalue weighted by Gasteiger charge is -2.63. The summed E-state index contributed by atoms with van der Waals surface area (Å²) in [6.07, 6.45) is 7.00. The maximum Gasteiger partial charge on any atom is 0.163 e. The van der Waals surface area contributed by atoms with Gasteiger partial charge in [0.2, 0.25) is 0 Å². The monoisotopic (exact) mass is 467 g/mol. The van der Waals surface area contributed by atoms with E-state index in [9.17, 15) is 15.0 Å². The summed E-state index contributed by atoms with van der Waals surface area (Å²) in [5.74, 6) is 0.213. The van der Waals surface area contributed by atoms with Gasteiger partial charge in [-0.15, -0.1) is 0 Å². The molecule has 0 bridgehead atoms. The third-order valence-corrected chi connectivity index (χ3v) is 10.7. The fraction of sp³-hybridized carbons (Fsp3) is 0.714. The van der Waals surface area contributed by atoms with Gasteiger partial charge in [0.05, 0.1) is 24.2 Å². The first-order valence-corrected chi connectivity index (χ1v) is 12.9. The summed E-state index contributed by atoms with van der Waals surface area (Å²) in [4.78, 5) is 17.4. The number of fused-ring (bicyclic) bond motifs is 8. The Morgan fingerprint density at radius 1 is 1.03 bits per heavy atom. The Balaban J connectivity index is 1.45. The summed E-state index contributed by atoms with van der Waals surface area (Å²) in [5.41, 5.74) is -0.131. The molecule has 1 aromatic heterocycles. The second kappa shape index (κ2) is 7.14. The molecule has 4 aliphatic carbocycles. The number of carbonyl (C=O) groups excluding carboxylic acids is 1. The summed E-state index contributed by atoms with van der Waals surface area (Å²) < 4.78 is 13.2. The van der Waals surface area contributed by atoms with Crippen molar-refractivity contribution < 1.29 is 24.5 Å². The Bertz CT molecular complexity index is 1040. The first-order chi connectivity index (χ1) is 16.0. The molecule has 6 nitrogen and oxygen atoms in total. The molecule has 1 aliphatic heterocycles. The normalized spacial score (nSPS) is 50.4. The van der Waals surface area contributed by atoms with Crippen LogP contribution in [0.1, 0.15) is 71.9 Å². The number of aliphatic hydroxyl groups excluding tert-OH is 1. The van der Waals surface area contributed by atoms with Crippen LogP contribution in [0.2, 0.25) is 0 Å². The zero-order valence-electron chi connectivity index (χ0n) is 20.7. The quantitative estimate of drug-likeness (QED) is 0.461. The second-order valence-electron chi connectivity index (χ2n) is 12.5. The fourth-order valence-corrected chi connectivity index (χ4v) is 9.11. The number of hydrogen-bond acceptors (Lipinski definition) is 6. The van der Waals surface area contributed by atoms with Gasteiger partial charge in [-0.05, 0) is 81.3 Å². The van der Waals surface area contributed by atoms with Crippen molar-refractivity contribution in [2.24, 2.45) is 34.5 Å². The van der Waals surface area contributed by atoms with Crippen molar-refractivity contribution in [2.45, 2.75) is 89.8 Å². The van der Waals surface area contributed by atoms with Crippen molar-refractivity contribution in [3.05, 3.63) is 41.9 Å². The summed E-state index contributed by atoms with van der Waals surface area (Å²) in [7, 11) is 0. The Kier molecular flexibility index (Phi) is 4.77. The van der Waals surface area contributed by atoms with E-state index in [-0.39, 0.29) is 46.6 Å². The predicted octanol–water partition coefficient (Wildman–Crippen LogP) is 4.67. The van der Waals surface area contributed by atoms with Crippen molar-refractivity contribution in [1.29, 1.82) is 0 Å². The molecular formula is C28H37NO5. The summed E-state index contributed by atoms with van der Waals surface area (Å²) >= 11 is 0. The van der Waals surface area contributed by atoms with Gasteiger partial charge < -0.3 is 19.7 Å². The molecule has 184 valence electrons. The lowest BCUT2D eigenvalue weighted by Crippen LogP contribution is -2.64. The van der Waals surface area contributed by atoms with Gasteiger partial charge in [-0.1, -0.05) is 19.9 Å². The number of hydrogen-bond donors (Lipinski definition) is 2. The average molecular weight is 468 g/mol. The van der Waals surface area contributed by atoms with Crippen LogP contribution in [0.3, 0.4) is 0 Å². The number of allylic oxidation sites excluding steroid dienone is 1. The van der Waals surface area contributed by atoms with Gasteiger partial charge in [0, 0.05) is 29.5 Å². The number of ketones is 1. The van der Waals surface area contributed by atoms with Crippen LogP contribution in [0.5, 0.6) is 0 Å². The van der Waals surface area contributed by atoms with Gasteiger partial charge in [0.15, 0.2) is 11.6 Å². The van der Waals surface area contributed by atoms with Gasteiger partial charge in [-0.3, -0.25) is 9.78 Å². The number of aromatic nitrogens is 1. The zero-order valence-corrected chi connectivity index (χ0v) is 20.7. The summed E-state index contributed by atoms with van der Waals surface area (Å²) in [6, 6.07) is 5.82. The van der Waals surface area contributed by atoms with Crippen molar-refractivity contribution in [1.82, 2.24) is 4.98 Å². The van der Waals surface area contributed by atoms with Gasteiger partial charge in [0.1, 0.15) is 5.60 Å².